The lowest BCUT2D eigenvalue weighted by atomic mass is 9.44. The maximum absolute atomic E-state index is 12.6. The van der Waals surface area contributed by atoms with Crippen LogP contribution in [-0.2, 0) is 19.6 Å². The van der Waals surface area contributed by atoms with Crippen molar-refractivity contribution in [2.75, 3.05) is 6.54 Å². The Morgan fingerprint density at radius 3 is 2.40 bits per heavy atom. The van der Waals surface area contributed by atoms with Gasteiger partial charge in [0.1, 0.15) is 0 Å². The Labute approximate surface area is 240 Å². The van der Waals surface area contributed by atoms with Gasteiger partial charge in [0.15, 0.2) is 0 Å². The number of aliphatic hydroxyl groups is 1. The first-order valence-electron chi connectivity index (χ1n) is 15.5. The molecule has 40 heavy (non-hydrogen) atoms. The summed E-state index contributed by atoms with van der Waals surface area (Å²) in [5.74, 6) is 3.07. The van der Waals surface area contributed by atoms with Crippen molar-refractivity contribution in [3.05, 3.63) is 30.3 Å². The monoisotopic (exact) mass is 572 g/mol. The minimum absolute atomic E-state index is 0.0144. The molecular weight excluding hydrogens is 524 g/mol. The van der Waals surface area contributed by atoms with Gasteiger partial charge >= 0.3 is 0 Å². The van der Waals surface area contributed by atoms with Crippen LogP contribution in [-0.4, -0.2) is 38.0 Å². The largest absolute Gasteiger partial charge is 0.393 e. The zero-order chi connectivity index (χ0) is 28.7. The van der Waals surface area contributed by atoms with Crippen LogP contribution in [0, 0.1) is 46.3 Å². The molecule has 4 fully saturated rings. The normalized spacial score (nSPS) is 37.9. The quantitative estimate of drug-likeness (QED) is 0.404. The minimum Gasteiger partial charge on any atom is -0.393 e. The van der Waals surface area contributed by atoms with Gasteiger partial charge in [-0.2, -0.15) is 0 Å². The second-order valence-electron chi connectivity index (χ2n) is 13.9. The number of sulfonamides is 1. The fraction of sp³-hybridized carbons (Fsp3) is 0.750. The highest BCUT2D eigenvalue weighted by atomic mass is 32.2. The molecule has 2 amide bonds. The van der Waals surface area contributed by atoms with E-state index in [0.717, 1.165) is 37.0 Å². The summed E-state index contributed by atoms with van der Waals surface area (Å²) >= 11 is 0. The van der Waals surface area contributed by atoms with Crippen molar-refractivity contribution < 1.29 is 23.1 Å². The summed E-state index contributed by atoms with van der Waals surface area (Å²) in [6.45, 7) is 6.99. The zero-order valence-electron chi connectivity index (χ0n) is 24.4. The van der Waals surface area contributed by atoms with Crippen molar-refractivity contribution in [1.82, 2.24) is 10.0 Å². The molecule has 8 heteroatoms. The Kier molecular flexibility index (Phi) is 8.42. The van der Waals surface area contributed by atoms with Gasteiger partial charge in [-0.05, 0) is 123 Å². The number of fused-ring (bicyclic) bond motifs is 5. The molecule has 4 aliphatic rings. The first kappa shape index (κ1) is 29.6. The van der Waals surface area contributed by atoms with Crippen LogP contribution in [0.15, 0.2) is 35.2 Å². The number of carbonyl (C=O) groups is 2. The van der Waals surface area contributed by atoms with Gasteiger partial charge in [-0.3, -0.25) is 9.59 Å². The van der Waals surface area contributed by atoms with E-state index < -0.39 is 15.9 Å². The SMILES string of the molecule is CC(CCC(=O)NCC(=O)NS(=O)(=O)c1ccccc1)C1CCC2C3CCC4CC(O)CCC4(C)C3CCC12C. The molecule has 1 aromatic carbocycles. The first-order chi connectivity index (χ1) is 18.9. The number of carbonyl (C=O) groups excluding carboxylic acids is 2. The van der Waals surface area contributed by atoms with Gasteiger partial charge in [0.2, 0.25) is 5.91 Å². The van der Waals surface area contributed by atoms with Crippen LogP contribution in [0.3, 0.4) is 0 Å². The number of hydrogen-bond donors (Lipinski definition) is 3. The van der Waals surface area contributed by atoms with Crippen LogP contribution in [0.1, 0.15) is 91.4 Å². The van der Waals surface area contributed by atoms with Crippen molar-refractivity contribution in [3.63, 3.8) is 0 Å². The van der Waals surface area contributed by atoms with E-state index in [2.05, 4.69) is 26.1 Å². The predicted octanol–water partition coefficient (Wildman–Crippen LogP) is 5.04. The number of nitrogens with one attached hydrogen (secondary N) is 2. The average Bonchev–Trinajstić information content (AvgIpc) is 3.28. The van der Waals surface area contributed by atoms with Crippen LogP contribution in [0.4, 0.5) is 0 Å². The fourth-order valence-electron chi connectivity index (χ4n) is 9.88. The molecule has 0 bridgehead atoms. The number of benzene rings is 1. The minimum atomic E-state index is -3.95. The Hall–Kier alpha value is -1.93. The lowest BCUT2D eigenvalue weighted by Crippen LogP contribution is -2.54. The third-order valence-corrected chi connectivity index (χ3v) is 13.4. The van der Waals surface area contributed by atoms with E-state index in [1.807, 2.05) is 4.72 Å². The van der Waals surface area contributed by atoms with E-state index in [4.69, 9.17) is 0 Å². The molecule has 0 saturated heterocycles. The van der Waals surface area contributed by atoms with Crippen LogP contribution >= 0.6 is 0 Å². The van der Waals surface area contributed by atoms with E-state index in [-0.39, 0.29) is 23.5 Å². The van der Waals surface area contributed by atoms with Crippen molar-refractivity contribution >= 4 is 21.8 Å². The summed E-state index contributed by atoms with van der Waals surface area (Å²) in [6, 6.07) is 7.72. The lowest BCUT2D eigenvalue weighted by molar-refractivity contribution is -0.130. The molecule has 3 N–H and O–H groups in total. The summed E-state index contributed by atoms with van der Waals surface area (Å²) in [6.07, 6.45) is 11.8. The standard InChI is InChI=1S/C32H48N2O5S/c1-21(9-14-29(36)33-20-30(37)34-40(38,39)24-7-5-4-6-8-24)26-12-13-27-25-11-10-22-19-23(35)15-17-31(22,2)28(25)16-18-32(26,27)3/h4-8,21-23,25-28,35H,9-20H2,1-3H3,(H,33,36)(H,34,37). The molecule has 5 rings (SSSR count). The third-order valence-electron chi connectivity index (χ3n) is 12.0. The molecule has 0 aliphatic heterocycles. The molecular formula is C32H48N2O5S. The predicted molar refractivity (Wildman–Crippen MR) is 154 cm³/mol. The molecule has 0 spiro atoms. The van der Waals surface area contributed by atoms with Crippen LogP contribution in [0.5, 0.6) is 0 Å². The van der Waals surface area contributed by atoms with Crippen LogP contribution in [0.2, 0.25) is 0 Å². The van der Waals surface area contributed by atoms with Crippen LogP contribution in [0.25, 0.3) is 0 Å². The summed E-state index contributed by atoms with van der Waals surface area (Å²) in [7, 11) is -3.95. The van der Waals surface area contributed by atoms with E-state index in [1.165, 1.54) is 57.1 Å². The topological polar surface area (TPSA) is 113 Å². The van der Waals surface area contributed by atoms with Gasteiger partial charge in [-0.25, -0.2) is 13.1 Å². The van der Waals surface area contributed by atoms with Gasteiger partial charge in [-0.15, -0.1) is 0 Å². The van der Waals surface area contributed by atoms with Crippen molar-refractivity contribution in [1.29, 1.82) is 0 Å². The number of rotatable bonds is 8. The Morgan fingerprint density at radius 1 is 0.950 bits per heavy atom. The maximum atomic E-state index is 12.6. The van der Waals surface area contributed by atoms with Gasteiger partial charge in [0.05, 0.1) is 17.5 Å². The van der Waals surface area contributed by atoms with Crippen molar-refractivity contribution in [3.8, 4) is 0 Å². The highest BCUT2D eigenvalue weighted by molar-refractivity contribution is 7.90. The highest BCUT2D eigenvalue weighted by Gasteiger charge is 2.60. The Balaban J connectivity index is 1.11. The summed E-state index contributed by atoms with van der Waals surface area (Å²) in [5, 5.41) is 12.9. The van der Waals surface area contributed by atoms with Crippen molar-refractivity contribution in [2.24, 2.45) is 46.3 Å². The number of hydrogen-bond acceptors (Lipinski definition) is 5. The van der Waals surface area contributed by atoms with Gasteiger partial charge in [-0.1, -0.05) is 39.0 Å². The van der Waals surface area contributed by atoms with Gasteiger partial charge in [0.25, 0.3) is 15.9 Å². The maximum Gasteiger partial charge on any atom is 0.264 e. The second-order valence-corrected chi connectivity index (χ2v) is 15.6. The van der Waals surface area contributed by atoms with E-state index in [9.17, 15) is 23.1 Å². The molecule has 7 nitrogen and oxygen atoms in total. The Bertz CT molecular complexity index is 1190. The molecule has 0 radical (unpaired) electrons. The first-order valence-corrected chi connectivity index (χ1v) is 17.0. The molecule has 9 unspecified atom stereocenters. The number of amides is 2. The summed E-state index contributed by atoms with van der Waals surface area (Å²) in [5.41, 5.74) is 0.706. The lowest BCUT2D eigenvalue weighted by Gasteiger charge is -2.61. The van der Waals surface area contributed by atoms with E-state index in [0.29, 0.717) is 35.0 Å². The summed E-state index contributed by atoms with van der Waals surface area (Å²) in [4.78, 5) is 24.8. The third kappa shape index (κ3) is 5.59. The second kappa shape index (κ2) is 11.4. The average molecular weight is 573 g/mol. The van der Waals surface area contributed by atoms with Gasteiger partial charge < -0.3 is 10.4 Å². The molecule has 222 valence electrons. The van der Waals surface area contributed by atoms with Crippen molar-refractivity contribution in [2.45, 2.75) is 102 Å². The van der Waals surface area contributed by atoms with Gasteiger partial charge in [0, 0.05) is 6.42 Å². The number of aliphatic hydroxyl groups excluding tert-OH is 1. The summed E-state index contributed by atoms with van der Waals surface area (Å²) < 4.78 is 26.7. The fourth-order valence-corrected chi connectivity index (χ4v) is 10.9. The van der Waals surface area contributed by atoms with Crippen LogP contribution < -0.4 is 10.0 Å². The Morgan fingerprint density at radius 2 is 1.65 bits per heavy atom. The molecule has 0 aromatic heterocycles. The molecule has 9 atom stereocenters. The van der Waals surface area contributed by atoms with E-state index in [1.54, 1.807) is 18.2 Å². The molecule has 4 aliphatic carbocycles. The zero-order valence-corrected chi connectivity index (χ0v) is 25.2. The smallest absolute Gasteiger partial charge is 0.264 e. The van der Waals surface area contributed by atoms with E-state index >= 15 is 0 Å². The molecule has 0 heterocycles. The molecule has 4 saturated carbocycles. The molecule has 1 aromatic rings. The highest BCUT2D eigenvalue weighted by Crippen LogP contribution is 2.68.